The van der Waals surface area contributed by atoms with E-state index in [9.17, 15) is 24.3 Å². The van der Waals surface area contributed by atoms with Crippen LogP contribution in [0.15, 0.2) is 66.7 Å². The number of carboxylic acids is 1. The highest BCUT2D eigenvalue weighted by atomic mass is 16.5. The standard InChI is InChI=1S/C37H37N5O6/c1-19-8-9-21-18-42(33(44)27(21)16-19)29-7-5-6-23(20(29)2)24-12-13-26(32(38)43)31-30(24)25-11-10-22(17-28(25)41-31)48-35(47)37(4,40)15-14-36(3,39)34(45)46/h5-13,16-17,41H,14-15,18,39-40H2,1-4H3,(H2,38,43)(H,45,46). The van der Waals surface area contributed by atoms with Gasteiger partial charge in [0.2, 0.25) is 0 Å². The fourth-order valence-corrected chi connectivity index (χ4v) is 6.25. The number of aliphatic carboxylic acids is 1. The van der Waals surface area contributed by atoms with E-state index in [-0.39, 0.29) is 30.1 Å². The number of hydrogen-bond acceptors (Lipinski definition) is 7. The normalized spacial score (nSPS) is 15.3. The number of benzene rings is 4. The fourth-order valence-electron chi connectivity index (χ4n) is 6.25. The molecule has 1 aliphatic rings. The molecule has 0 fully saturated rings. The first-order chi connectivity index (χ1) is 22.6. The van der Waals surface area contributed by atoms with Crippen LogP contribution in [0.3, 0.4) is 0 Å². The Balaban J connectivity index is 1.38. The van der Waals surface area contributed by atoms with E-state index in [0.717, 1.165) is 44.3 Å². The van der Waals surface area contributed by atoms with Crippen molar-refractivity contribution in [2.75, 3.05) is 4.90 Å². The summed E-state index contributed by atoms with van der Waals surface area (Å²) in [6.45, 7) is 7.23. The quantitative estimate of drug-likeness (QED) is 0.108. The number of hydrogen-bond donors (Lipinski definition) is 5. The van der Waals surface area contributed by atoms with Crippen LogP contribution in [0.4, 0.5) is 5.69 Å². The van der Waals surface area contributed by atoms with Gasteiger partial charge in [0.05, 0.1) is 23.1 Å². The molecule has 0 spiro atoms. The summed E-state index contributed by atoms with van der Waals surface area (Å²) in [5.41, 5.74) is 22.2. The zero-order valence-electron chi connectivity index (χ0n) is 27.1. The van der Waals surface area contributed by atoms with Crippen molar-refractivity contribution in [3.05, 3.63) is 94.5 Å². The molecule has 5 aromatic rings. The van der Waals surface area contributed by atoms with Gasteiger partial charge in [-0.25, -0.2) is 4.79 Å². The molecular weight excluding hydrogens is 610 g/mol. The number of aromatic amines is 1. The summed E-state index contributed by atoms with van der Waals surface area (Å²) in [6.07, 6.45) is -0.0540. The molecule has 11 heteroatoms. The number of fused-ring (bicyclic) bond motifs is 4. The molecular formula is C37H37N5O6. The maximum Gasteiger partial charge on any atom is 0.331 e. The highest BCUT2D eigenvalue weighted by Crippen LogP contribution is 2.41. The third-order valence-electron chi connectivity index (χ3n) is 9.28. The summed E-state index contributed by atoms with van der Waals surface area (Å²) in [4.78, 5) is 55.6. The second-order valence-corrected chi connectivity index (χ2v) is 13.1. The van der Waals surface area contributed by atoms with Gasteiger partial charge in [-0.2, -0.15) is 0 Å². The van der Waals surface area contributed by atoms with Crippen LogP contribution in [-0.2, 0) is 16.1 Å². The molecule has 11 nitrogen and oxygen atoms in total. The number of nitrogens with zero attached hydrogens (tertiary/aromatic N) is 1. The number of anilines is 1. The van der Waals surface area contributed by atoms with Crippen molar-refractivity contribution in [1.82, 2.24) is 4.98 Å². The number of H-pyrrole nitrogens is 1. The number of primary amides is 1. The second kappa shape index (κ2) is 11.6. The monoisotopic (exact) mass is 647 g/mol. The predicted octanol–water partition coefficient (Wildman–Crippen LogP) is 5.07. The molecule has 0 saturated carbocycles. The minimum absolute atomic E-state index is 0.0156. The Morgan fingerprint density at radius 3 is 2.35 bits per heavy atom. The Kier molecular flexibility index (Phi) is 7.85. The Morgan fingerprint density at radius 2 is 1.65 bits per heavy atom. The molecule has 2 atom stereocenters. The smallest absolute Gasteiger partial charge is 0.331 e. The average Bonchev–Trinajstić information content (AvgIpc) is 3.57. The molecule has 1 aromatic heterocycles. The Morgan fingerprint density at radius 1 is 0.917 bits per heavy atom. The molecule has 2 heterocycles. The maximum atomic E-state index is 13.5. The first-order valence-electron chi connectivity index (χ1n) is 15.5. The van der Waals surface area contributed by atoms with Crippen LogP contribution in [0.5, 0.6) is 5.75 Å². The van der Waals surface area contributed by atoms with Crippen LogP contribution in [-0.4, -0.2) is 44.9 Å². The van der Waals surface area contributed by atoms with Gasteiger partial charge in [-0.1, -0.05) is 35.9 Å². The molecule has 1 aliphatic heterocycles. The number of aromatic nitrogens is 1. The molecule has 0 aliphatic carbocycles. The summed E-state index contributed by atoms with van der Waals surface area (Å²) in [5.74, 6) is -2.41. The van der Waals surface area contributed by atoms with E-state index in [1.807, 2.05) is 56.3 Å². The van der Waals surface area contributed by atoms with Crippen molar-refractivity contribution in [2.45, 2.75) is 58.2 Å². The van der Waals surface area contributed by atoms with Gasteiger partial charge in [-0.05, 0) is 93.1 Å². The number of amides is 2. The third kappa shape index (κ3) is 5.56. The van der Waals surface area contributed by atoms with Gasteiger partial charge in [0.25, 0.3) is 11.8 Å². The zero-order valence-corrected chi connectivity index (χ0v) is 27.1. The predicted molar refractivity (Wildman–Crippen MR) is 184 cm³/mol. The lowest BCUT2D eigenvalue weighted by Crippen LogP contribution is -2.52. The molecule has 48 heavy (non-hydrogen) atoms. The molecule has 4 aromatic carbocycles. The van der Waals surface area contributed by atoms with Crippen molar-refractivity contribution in [3.63, 3.8) is 0 Å². The van der Waals surface area contributed by atoms with Gasteiger partial charge in [0.1, 0.15) is 16.8 Å². The van der Waals surface area contributed by atoms with E-state index in [4.69, 9.17) is 21.9 Å². The van der Waals surface area contributed by atoms with E-state index in [1.165, 1.54) is 13.8 Å². The highest BCUT2D eigenvalue weighted by molar-refractivity contribution is 6.20. The van der Waals surface area contributed by atoms with E-state index >= 15 is 0 Å². The first-order valence-corrected chi connectivity index (χ1v) is 15.5. The lowest BCUT2D eigenvalue weighted by molar-refractivity contribution is -0.145. The van der Waals surface area contributed by atoms with Crippen LogP contribution < -0.4 is 26.8 Å². The lowest BCUT2D eigenvalue weighted by Gasteiger charge is -2.26. The van der Waals surface area contributed by atoms with E-state index < -0.39 is 28.9 Å². The van der Waals surface area contributed by atoms with Gasteiger partial charge in [-0.15, -0.1) is 0 Å². The maximum absolute atomic E-state index is 13.5. The molecule has 246 valence electrons. The topological polar surface area (TPSA) is 195 Å². The fraction of sp³-hybridized carbons (Fsp3) is 0.243. The Bertz CT molecular complexity index is 2180. The molecule has 8 N–H and O–H groups in total. The number of nitrogens with one attached hydrogen (secondary N) is 1. The van der Waals surface area contributed by atoms with E-state index in [2.05, 4.69) is 4.98 Å². The minimum Gasteiger partial charge on any atom is -0.480 e. The molecule has 2 unspecified atom stereocenters. The summed E-state index contributed by atoms with van der Waals surface area (Å²) in [7, 11) is 0. The third-order valence-corrected chi connectivity index (χ3v) is 9.28. The van der Waals surface area contributed by atoms with Crippen LogP contribution >= 0.6 is 0 Å². The van der Waals surface area contributed by atoms with Crippen molar-refractivity contribution in [2.24, 2.45) is 17.2 Å². The molecule has 0 radical (unpaired) electrons. The second-order valence-electron chi connectivity index (χ2n) is 13.1. The van der Waals surface area contributed by atoms with Crippen LogP contribution in [0.25, 0.3) is 32.9 Å². The first kappa shape index (κ1) is 32.4. The molecule has 0 saturated heterocycles. The average molecular weight is 648 g/mol. The van der Waals surface area contributed by atoms with Crippen molar-refractivity contribution in [1.29, 1.82) is 0 Å². The minimum atomic E-state index is -1.55. The number of carbonyl (C=O) groups excluding carboxylic acids is 3. The highest BCUT2D eigenvalue weighted by Gasteiger charge is 2.36. The van der Waals surface area contributed by atoms with Gasteiger partial charge in [0, 0.05) is 28.1 Å². The summed E-state index contributed by atoms with van der Waals surface area (Å²) in [6, 6.07) is 20.3. The van der Waals surface area contributed by atoms with Crippen molar-refractivity contribution in [3.8, 4) is 16.9 Å². The van der Waals surface area contributed by atoms with Crippen LogP contribution in [0.2, 0.25) is 0 Å². The Labute approximate surface area is 276 Å². The summed E-state index contributed by atoms with van der Waals surface area (Å²) < 4.78 is 5.64. The molecule has 0 bridgehead atoms. The summed E-state index contributed by atoms with van der Waals surface area (Å²) in [5, 5.41) is 10.8. The van der Waals surface area contributed by atoms with Gasteiger partial charge in [0.15, 0.2) is 0 Å². The van der Waals surface area contributed by atoms with E-state index in [0.29, 0.717) is 23.1 Å². The van der Waals surface area contributed by atoms with Crippen LogP contribution in [0, 0.1) is 13.8 Å². The molecule has 2 amide bonds. The number of aryl methyl sites for hydroxylation is 1. The number of rotatable bonds is 9. The number of ether oxygens (including phenoxy) is 1. The van der Waals surface area contributed by atoms with Crippen molar-refractivity contribution >= 4 is 51.2 Å². The van der Waals surface area contributed by atoms with Gasteiger partial charge in [-0.3, -0.25) is 14.4 Å². The van der Waals surface area contributed by atoms with Gasteiger partial charge < -0.3 is 36.9 Å². The number of carboxylic acid groups (broad SMARTS) is 1. The van der Waals surface area contributed by atoms with Gasteiger partial charge >= 0.3 is 11.9 Å². The van der Waals surface area contributed by atoms with E-state index in [1.54, 1.807) is 29.2 Å². The Hall–Kier alpha value is -5.52. The SMILES string of the molecule is Cc1ccc2c(c1)C(=O)N(c1cccc(-c3ccc(C(N)=O)c4[nH]c5cc(OC(=O)C(C)(N)CCC(C)(N)C(=O)O)ccc5c34)c1C)C2. The van der Waals surface area contributed by atoms with Crippen LogP contribution in [0.1, 0.15) is 64.1 Å². The number of carbonyl (C=O) groups is 4. The largest absolute Gasteiger partial charge is 0.480 e. The number of esters is 1. The zero-order chi connectivity index (χ0) is 34.7. The molecule has 6 rings (SSSR count). The lowest BCUT2D eigenvalue weighted by atomic mass is 9.88. The summed E-state index contributed by atoms with van der Waals surface area (Å²) >= 11 is 0. The van der Waals surface area contributed by atoms with Crippen molar-refractivity contribution < 1.29 is 29.0 Å². The number of nitrogens with two attached hydrogens (primary N) is 3.